The van der Waals surface area contributed by atoms with Crippen molar-refractivity contribution in [3.05, 3.63) is 34.6 Å². The van der Waals surface area contributed by atoms with Crippen LogP contribution in [-0.2, 0) is 20.9 Å². The zero-order valence-corrected chi connectivity index (χ0v) is 17.6. The molecule has 1 aliphatic rings. The molecule has 9 heteroatoms. The van der Waals surface area contributed by atoms with E-state index in [1.165, 1.54) is 30.6 Å². The van der Waals surface area contributed by atoms with E-state index < -0.39 is 0 Å². The number of ether oxygens (including phenoxy) is 1. The molecule has 0 radical (unpaired) electrons. The molecule has 28 heavy (non-hydrogen) atoms. The molecule has 1 aliphatic heterocycles. The molecule has 3 rings (SSSR count). The minimum absolute atomic E-state index is 0.0651. The Balaban J connectivity index is 1.75. The van der Waals surface area contributed by atoms with Crippen molar-refractivity contribution >= 4 is 46.3 Å². The van der Waals surface area contributed by atoms with Gasteiger partial charge >= 0.3 is 5.97 Å². The lowest BCUT2D eigenvalue weighted by molar-refractivity contribution is -0.141. The predicted molar refractivity (Wildman–Crippen MR) is 112 cm³/mol. The number of nitrogens with zero attached hydrogens (tertiary/aromatic N) is 3. The van der Waals surface area contributed by atoms with Crippen LogP contribution in [0.3, 0.4) is 0 Å². The summed E-state index contributed by atoms with van der Waals surface area (Å²) in [6.07, 6.45) is 0.797. The molecule has 0 unspecified atom stereocenters. The average molecular weight is 422 g/mol. The van der Waals surface area contributed by atoms with E-state index >= 15 is 0 Å². The van der Waals surface area contributed by atoms with E-state index in [1.807, 2.05) is 25.1 Å². The summed E-state index contributed by atoms with van der Waals surface area (Å²) in [5, 5.41) is 0.792. The summed E-state index contributed by atoms with van der Waals surface area (Å²) in [7, 11) is 1.36. The fraction of sp³-hybridized carbons (Fsp3) is 0.474. The van der Waals surface area contributed by atoms with E-state index in [-0.39, 0.29) is 28.4 Å². The predicted octanol–water partition coefficient (Wildman–Crippen LogP) is 2.02. The summed E-state index contributed by atoms with van der Waals surface area (Å²) >= 11 is 2.78. The largest absolute Gasteiger partial charge is 0.468 e. The number of para-hydroxylation sites is 1. The molecule has 0 bridgehead atoms. The van der Waals surface area contributed by atoms with Gasteiger partial charge in [-0.15, -0.1) is 11.8 Å². The zero-order valence-electron chi connectivity index (χ0n) is 15.9. The lowest BCUT2D eigenvalue weighted by Gasteiger charge is -2.30. The van der Waals surface area contributed by atoms with Crippen LogP contribution in [0, 0.1) is 0 Å². The SMILES string of the molecule is CCCn1c(SCC(=O)N2CCS[C@@H](C(=O)OC)C2)nc2ccccc2c1=O. The number of methoxy groups -OCH3 is 1. The van der Waals surface area contributed by atoms with Crippen LogP contribution in [0.1, 0.15) is 13.3 Å². The van der Waals surface area contributed by atoms with E-state index in [4.69, 9.17) is 4.74 Å². The summed E-state index contributed by atoms with van der Waals surface area (Å²) in [6, 6.07) is 7.25. The van der Waals surface area contributed by atoms with Crippen molar-refractivity contribution in [1.29, 1.82) is 0 Å². The summed E-state index contributed by atoms with van der Waals surface area (Å²) in [5.74, 6) is 0.505. The Kier molecular flexibility index (Phi) is 7.01. The standard InChI is InChI=1S/C19H23N3O4S2/c1-3-8-22-17(24)13-6-4-5-7-14(13)20-19(22)28-12-16(23)21-9-10-27-15(11-21)18(25)26-2/h4-7,15H,3,8-12H2,1-2H3/t15-/m1/s1. The highest BCUT2D eigenvalue weighted by Crippen LogP contribution is 2.22. The highest BCUT2D eigenvalue weighted by molar-refractivity contribution is 8.00. The van der Waals surface area contributed by atoms with E-state index in [9.17, 15) is 14.4 Å². The third-order valence-corrected chi connectivity index (χ3v) is 6.61. The number of hydrogen-bond donors (Lipinski definition) is 0. The third kappa shape index (κ3) is 4.52. The van der Waals surface area contributed by atoms with Crippen molar-refractivity contribution in [2.75, 3.05) is 31.7 Å². The summed E-state index contributed by atoms with van der Waals surface area (Å²) < 4.78 is 6.44. The summed E-state index contributed by atoms with van der Waals surface area (Å²) in [5.41, 5.74) is 0.553. The van der Waals surface area contributed by atoms with Gasteiger partial charge in [-0.05, 0) is 18.6 Å². The second-order valence-corrected chi connectivity index (χ2v) is 8.63. The number of carbonyl (C=O) groups is 2. The van der Waals surface area contributed by atoms with Crippen LogP contribution < -0.4 is 5.56 Å². The molecule has 1 amide bonds. The van der Waals surface area contributed by atoms with Gasteiger partial charge in [0.05, 0.1) is 23.8 Å². The smallest absolute Gasteiger partial charge is 0.320 e. The fourth-order valence-electron chi connectivity index (χ4n) is 3.05. The van der Waals surface area contributed by atoms with Gasteiger partial charge in [-0.25, -0.2) is 4.98 Å². The van der Waals surface area contributed by atoms with Crippen molar-refractivity contribution in [2.45, 2.75) is 30.3 Å². The normalized spacial score (nSPS) is 16.9. The van der Waals surface area contributed by atoms with Crippen molar-refractivity contribution < 1.29 is 14.3 Å². The number of aromatic nitrogens is 2. The Morgan fingerprint density at radius 1 is 1.36 bits per heavy atom. The molecule has 0 saturated carbocycles. The van der Waals surface area contributed by atoms with Gasteiger partial charge in [0.15, 0.2) is 5.16 Å². The van der Waals surface area contributed by atoms with Gasteiger partial charge in [-0.3, -0.25) is 19.0 Å². The van der Waals surface area contributed by atoms with Crippen LogP contribution in [0.15, 0.2) is 34.2 Å². The van der Waals surface area contributed by atoms with E-state index in [2.05, 4.69) is 4.98 Å². The molecule has 1 atom stereocenters. The van der Waals surface area contributed by atoms with Crippen LogP contribution in [0.5, 0.6) is 0 Å². The molecule has 150 valence electrons. The maximum Gasteiger partial charge on any atom is 0.320 e. The maximum atomic E-state index is 12.8. The highest BCUT2D eigenvalue weighted by atomic mass is 32.2. The molecule has 0 aliphatic carbocycles. The van der Waals surface area contributed by atoms with Crippen LogP contribution >= 0.6 is 23.5 Å². The summed E-state index contributed by atoms with van der Waals surface area (Å²) in [4.78, 5) is 43.5. The fourth-order valence-corrected chi connectivity index (χ4v) is 5.10. The van der Waals surface area contributed by atoms with Crippen LogP contribution in [-0.4, -0.2) is 63.3 Å². The first-order chi connectivity index (χ1) is 13.5. The Labute approximate surface area is 171 Å². The van der Waals surface area contributed by atoms with Crippen molar-refractivity contribution in [3.63, 3.8) is 0 Å². The number of fused-ring (bicyclic) bond motifs is 1. The first kappa shape index (κ1) is 20.7. The molecule has 0 spiro atoms. The van der Waals surface area contributed by atoms with Gasteiger partial charge in [-0.1, -0.05) is 30.8 Å². The Bertz CT molecular complexity index is 931. The molecule has 1 fully saturated rings. The molecule has 7 nitrogen and oxygen atoms in total. The van der Waals surface area contributed by atoms with Crippen LogP contribution in [0.2, 0.25) is 0 Å². The second-order valence-electron chi connectivity index (χ2n) is 6.38. The highest BCUT2D eigenvalue weighted by Gasteiger charge is 2.29. The molecule has 1 aromatic heterocycles. The van der Waals surface area contributed by atoms with Gasteiger partial charge in [-0.2, -0.15) is 0 Å². The van der Waals surface area contributed by atoms with E-state index in [0.29, 0.717) is 41.4 Å². The minimum Gasteiger partial charge on any atom is -0.468 e. The van der Waals surface area contributed by atoms with Crippen molar-refractivity contribution in [1.82, 2.24) is 14.5 Å². The van der Waals surface area contributed by atoms with Crippen LogP contribution in [0.4, 0.5) is 0 Å². The van der Waals surface area contributed by atoms with Gasteiger partial charge in [0.25, 0.3) is 5.56 Å². The van der Waals surface area contributed by atoms with Gasteiger partial charge < -0.3 is 9.64 Å². The van der Waals surface area contributed by atoms with E-state index in [1.54, 1.807) is 15.5 Å². The van der Waals surface area contributed by atoms with Crippen molar-refractivity contribution in [2.24, 2.45) is 0 Å². The van der Waals surface area contributed by atoms with Gasteiger partial charge in [0, 0.05) is 25.4 Å². The quantitative estimate of drug-likeness (QED) is 0.401. The third-order valence-electron chi connectivity index (χ3n) is 4.48. The Morgan fingerprint density at radius 2 is 2.14 bits per heavy atom. The van der Waals surface area contributed by atoms with Gasteiger partial charge in [0.1, 0.15) is 5.25 Å². The second kappa shape index (κ2) is 9.47. The average Bonchev–Trinajstić information content (AvgIpc) is 2.73. The number of rotatable bonds is 6. The Morgan fingerprint density at radius 3 is 2.89 bits per heavy atom. The molecular weight excluding hydrogens is 398 g/mol. The van der Waals surface area contributed by atoms with Gasteiger partial charge in [0.2, 0.25) is 5.91 Å². The molecule has 1 saturated heterocycles. The lowest BCUT2D eigenvalue weighted by atomic mass is 10.2. The topological polar surface area (TPSA) is 81.5 Å². The lowest BCUT2D eigenvalue weighted by Crippen LogP contribution is -2.45. The Hall–Kier alpha value is -2.00. The monoisotopic (exact) mass is 421 g/mol. The van der Waals surface area contributed by atoms with E-state index in [0.717, 1.165) is 6.42 Å². The molecule has 0 N–H and O–H groups in total. The number of hydrogen-bond acceptors (Lipinski definition) is 7. The minimum atomic E-state index is -0.343. The number of esters is 1. The molecule has 2 heterocycles. The number of thioether (sulfide) groups is 2. The van der Waals surface area contributed by atoms with Crippen molar-refractivity contribution in [3.8, 4) is 0 Å². The first-order valence-electron chi connectivity index (χ1n) is 9.14. The number of amides is 1. The van der Waals surface area contributed by atoms with Crippen LogP contribution in [0.25, 0.3) is 10.9 Å². The number of benzene rings is 1. The molecule has 1 aromatic carbocycles. The summed E-state index contributed by atoms with van der Waals surface area (Å²) in [6.45, 7) is 3.51. The number of carbonyl (C=O) groups excluding carboxylic acids is 2. The zero-order chi connectivity index (χ0) is 20.1. The first-order valence-corrected chi connectivity index (χ1v) is 11.2. The molecule has 2 aromatic rings. The maximum absolute atomic E-state index is 12.8. The molecular formula is C19H23N3O4S2.